The minimum atomic E-state index is -0.998. The van der Waals surface area contributed by atoms with Crippen molar-refractivity contribution in [3.63, 3.8) is 0 Å². The number of aromatic carboxylic acids is 1. The highest BCUT2D eigenvalue weighted by Gasteiger charge is 2.36. The first kappa shape index (κ1) is 19.9. The number of hydrogen-bond donors (Lipinski definition) is 1. The lowest BCUT2D eigenvalue weighted by Gasteiger charge is -2.30. The summed E-state index contributed by atoms with van der Waals surface area (Å²) in [7, 11) is 0. The summed E-state index contributed by atoms with van der Waals surface area (Å²) in [5, 5.41) is 9.20. The van der Waals surface area contributed by atoms with E-state index in [0.717, 1.165) is 19.4 Å². The second-order valence-corrected chi connectivity index (χ2v) is 10.3. The van der Waals surface area contributed by atoms with E-state index in [1.807, 2.05) is 0 Å². The molecule has 4 rings (SSSR count). The van der Waals surface area contributed by atoms with Gasteiger partial charge in [-0.1, -0.05) is 40.7 Å². The molecule has 0 spiro atoms. The number of aromatic nitrogens is 2. The summed E-state index contributed by atoms with van der Waals surface area (Å²) in [6.45, 7) is 12.3. The molecule has 1 aromatic carbocycles. The van der Waals surface area contributed by atoms with Crippen LogP contribution in [0, 0.1) is 5.92 Å². The highest BCUT2D eigenvalue weighted by atomic mass is 16.4. The lowest BCUT2D eigenvalue weighted by atomic mass is 9.80. The predicted octanol–water partition coefficient (Wildman–Crippen LogP) is 5.24. The average molecular weight is 394 g/mol. The van der Waals surface area contributed by atoms with E-state index < -0.39 is 5.97 Å². The van der Waals surface area contributed by atoms with Gasteiger partial charge in [-0.3, -0.25) is 0 Å². The van der Waals surface area contributed by atoms with E-state index in [0.29, 0.717) is 11.9 Å². The van der Waals surface area contributed by atoms with Crippen molar-refractivity contribution in [2.45, 2.75) is 71.1 Å². The molecular weight excluding hydrogens is 362 g/mol. The van der Waals surface area contributed by atoms with Gasteiger partial charge in [-0.2, -0.15) is 0 Å². The van der Waals surface area contributed by atoms with Crippen LogP contribution < -0.4 is 4.90 Å². The SMILES string of the molecule is CC(C)(C)c1cc(N(CC2CC2)c2ncc(C(=O)O)cn2)c2c(c1)C(C)(C)CC2. The van der Waals surface area contributed by atoms with Crippen LogP contribution in [0.2, 0.25) is 0 Å². The second kappa shape index (κ2) is 6.82. The molecule has 5 nitrogen and oxygen atoms in total. The smallest absolute Gasteiger partial charge is 0.338 e. The number of fused-ring (bicyclic) bond motifs is 1. The molecule has 29 heavy (non-hydrogen) atoms. The molecule has 154 valence electrons. The van der Waals surface area contributed by atoms with Crippen molar-refractivity contribution in [2.75, 3.05) is 11.4 Å². The van der Waals surface area contributed by atoms with Crippen molar-refractivity contribution in [1.29, 1.82) is 0 Å². The first-order valence-corrected chi connectivity index (χ1v) is 10.6. The maximum Gasteiger partial charge on any atom is 0.338 e. The third-order valence-corrected chi connectivity index (χ3v) is 6.38. The van der Waals surface area contributed by atoms with Gasteiger partial charge in [-0.25, -0.2) is 14.8 Å². The van der Waals surface area contributed by atoms with E-state index in [4.69, 9.17) is 0 Å². The first-order valence-electron chi connectivity index (χ1n) is 10.6. The molecule has 2 aromatic rings. The summed E-state index contributed by atoms with van der Waals surface area (Å²) in [6.07, 6.45) is 7.49. The monoisotopic (exact) mass is 393 g/mol. The number of nitrogens with zero attached hydrogens (tertiary/aromatic N) is 3. The molecule has 0 aliphatic heterocycles. The number of carboxylic acids is 1. The van der Waals surface area contributed by atoms with Crippen molar-refractivity contribution in [2.24, 2.45) is 5.92 Å². The van der Waals surface area contributed by atoms with E-state index in [1.165, 1.54) is 47.6 Å². The van der Waals surface area contributed by atoms with Crippen molar-refractivity contribution in [1.82, 2.24) is 9.97 Å². The van der Waals surface area contributed by atoms with Gasteiger partial charge in [0.25, 0.3) is 0 Å². The van der Waals surface area contributed by atoms with Crippen molar-refractivity contribution in [3.8, 4) is 0 Å². The predicted molar refractivity (Wildman–Crippen MR) is 115 cm³/mol. The molecule has 0 amide bonds. The maximum absolute atomic E-state index is 11.2. The van der Waals surface area contributed by atoms with Gasteiger partial charge in [0.05, 0.1) is 5.56 Å². The van der Waals surface area contributed by atoms with Crippen LogP contribution in [-0.4, -0.2) is 27.6 Å². The van der Waals surface area contributed by atoms with E-state index in [9.17, 15) is 9.90 Å². The van der Waals surface area contributed by atoms with Crippen LogP contribution in [0.1, 0.15) is 80.9 Å². The Morgan fingerprint density at radius 2 is 1.86 bits per heavy atom. The van der Waals surface area contributed by atoms with E-state index in [-0.39, 0.29) is 16.4 Å². The largest absolute Gasteiger partial charge is 0.478 e. The number of rotatable bonds is 5. The molecule has 0 saturated heterocycles. The Morgan fingerprint density at radius 1 is 1.21 bits per heavy atom. The molecule has 1 aromatic heterocycles. The van der Waals surface area contributed by atoms with Gasteiger partial charge in [0.2, 0.25) is 5.95 Å². The zero-order valence-electron chi connectivity index (χ0n) is 18.1. The minimum absolute atomic E-state index is 0.0434. The van der Waals surface area contributed by atoms with Crippen molar-refractivity contribution >= 4 is 17.6 Å². The minimum Gasteiger partial charge on any atom is -0.478 e. The van der Waals surface area contributed by atoms with E-state index >= 15 is 0 Å². The number of carbonyl (C=O) groups is 1. The van der Waals surface area contributed by atoms with Gasteiger partial charge in [0, 0.05) is 24.6 Å². The average Bonchev–Trinajstić information content (AvgIpc) is 3.42. The molecule has 1 heterocycles. The van der Waals surface area contributed by atoms with Crippen LogP contribution in [-0.2, 0) is 17.3 Å². The van der Waals surface area contributed by atoms with Crippen LogP contribution in [0.5, 0.6) is 0 Å². The maximum atomic E-state index is 11.2. The zero-order valence-corrected chi connectivity index (χ0v) is 18.1. The van der Waals surface area contributed by atoms with Crippen LogP contribution in [0.25, 0.3) is 0 Å². The Kier molecular flexibility index (Phi) is 4.67. The Morgan fingerprint density at radius 3 is 2.41 bits per heavy atom. The zero-order chi connectivity index (χ0) is 21.0. The van der Waals surface area contributed by atoms with Gasteiger partial charge in [0.15, 0.2) is 0 Å². The molecule has 0 atom stereocenters. The quantitative estimate of drug-likeness (QED) is 0.752. The summed E-state index contributed by atoms with van der Waals surface area (Å²) >= 11 is 0. The van der Waals surface area contributed by atoms with Crippen LogP contribution in [0.4, 0.5) is 11.6 Å². The Balaban J connectivity index is 1.86. The van der Waals surface area contributed by atoms with Gasteiger partial charge in [-0.15, -0.1) is 0 Å². The molecule has 1 fully saturated rings. The number of anilines is 2. The van der Waals surface area contributed by atoms with Crippen LogP contribution >= 0.6 is 0 Å². The molecule has 1 N–H and O–H groups in total. The second-order valence-electron chi connectivity index (χ2n) is 10.3. The van der Waals surface area contributed by atoms with Gasteiger partial charge in [-0.05, 0) is 65.2 Å². The summed E-state index contributed by atoms with van der Waals surface area (Å²) in [4.78, 5) is 22.4. The topological polar surface area (TPSA) is 66.3 Å². The fourth-order valence-corrected chi connectivity index (χ4v) is 4.19. The summed E-state index contributed by atoms with van der Waals surface area (Å²) in [6, 6.07) is 4.71. The van der Waals surface area contributed by atoms with Gasteiger partial charge in [0.1, 0.15) is 0 Å². The van der Waals surface area contributed by atoms with E-state index in [2.05, 4.69) is 61.6 Å². The molecule has 0 unspecified atom stereocenters. The van der Waals surface area contributed by atoms with Crippen molar-refractivity contribution < 1.29 is 9.90 Å². The third kappa shape index (κ3) is 3.87. The molecule has 0 radical (unpaired) electrons. The number of hydrogen-bond acceptors (Lipinski definition) is 4. The first-order chi connectivity index (χ1) is 13.6. The third-order valence-electron chi connectivity index (χ3n) is 6.38. The lowest BCUT2D eigenvalue weighted by Crippen LogP contribution is -2.25. The fraction of sp³-hybridized carbons (Fsp3) is 0.542. The Hall–Kier alpha value is -2.43. The summed E-state index contributed by atoms with van der Waals surface area (Å²) in [5.41, 5.74) is 5.68. The molecule has 5 heteroatoms. The summed E-state index contributed by atoms with van der Waals surface area (Å²) < 4.78 is 0. The molecular formula is C24H31N3O2. The lowest BCUT2D eigenvalue weighted by molar-refractivity contribution is 0.0696. The van der Waals surface area contributed by atoms with E-state index in [1.54, 1.807) is 0 Å². The molecule has 0 bridgehead atoms. The fourth-order valence-electron chi connectivity index (χ4n) is 4.19. The summed E-state index contributed by atoms with van der Waals surface area (Å²) in [5.74, 6) is 0.253. The molecule has 2 aliphatic rings. The molecule has 2 aliphatic carbocycles. The number of benzene rings is 1. The highest BCUT2D eigenvalue weighted by Crippen LogP contribution is 2.47. The standard InChI is InChI=1S/C24H31N3O2/c1-23(2,3)17-10-19-18(8-9-24(19,4)5)20(11-17)27(14-15-6-7-15)22-25-12-16(13-26-22)21(28)29/h10-13,15H,6-9,14H2,1-5H3,(H,28,29). The number of carboxylic acid groups (broad SMARTS) is 1. The highest BCUT2D eigenvalue weighted by molar-refractivity contribution is 5.87. The Bertz CT molecular complexity index is 938. The normalized spacial score (nSPS) is 17.8. The Labute approximate surface area is 173 Å². The van der Waals surface area contributed by atoms with Crippen LogP contribution in [0.3, 0.4) is 0 Å². The van der Waals surface area contributed by atoms with Crippen molar-refractivity contribution in [3.05, 3.63) is 46.8 Å². The molecule has 1 saturated carbocycles. The van der Waals surface area contributed by atoms with Gasteiger partial charge >= 0.3 is 5.97 Å². The van der Waals surface area contributed by atoms with Crippen LogP contribution in [0.15, 0.2) is 24.5 Å². The van der Waals surface area contributed by atoms with Gasteiger partial charge < -0.3 is 10.0 Å².